The Kier molecular flexibility index (Phi) is 28.6. The Hall–Kier alpha value is -1.67. The zero-order valence-corrected chi connectivity index (χ0v) is 24.2. The zero-order chi connectivity index (χ0) is 27.9. The third kappa shape index (κ3) is 30.6. The molecule has 38 heavy (non-hydrogen) atoms. The maximum Gasteiger partial charge on any atom is 0.305 e. The number of carbonyl (C=O) groups is 3. The smallest absolute Gasteiger partial charge is 0.305 e. The highest BCUT2D eigenvalue weighted by molar-refractivity contribution is 5.70. The molecular formula is C30H56O8. The largest absolute Gasteiger partial charge is 0.481 e. The number of rotatable bonds is 30. The fraction of sp³-hybridized carbons (Fsp3) is 0.900. The molecule has 0 spiro atoms. The highest BCUT2D eigenvalue weighted by atomic mass is 16.6. The summed E-state index contributed by atoms with van der Waals surface area (Å²) in [6.45, 7) is 4.02. The van der Waals surface area contributed by atoms with Crippen molar-refractivity contribution in [2.75, 3.05) is 39.6 Å². The van der Waals surface area contributed by atoms with Gasteiger partial charge in [-0.15, -0.1) is 0 Å². The first-order valence-electron chi connectivity index (χ1n) is 15.2. The van der Waals surface area contributed by atoms with Gasteiger partial charge in [-0.3, -0.25) is 14.4 Å². The fourth-order valence-electron chi connectivity index (χ4n) is 4.08. The lowest BCUT2D eigenvalue weighted by molar-refractivity contribution is -0.147. The zero-order valence-electron chi connectivity index (χ0n) is 24.2. The summed E-state index contributed by atoms with van der Waals surface area (Å²) in [5.74, 6) is -1.37. The maximum absolute atomic E-state index is 11.8. The van der Waals surface area contributed by atoms with E-state index in [-0.39, 0.29) is 44.6 Å². The second-order valence-corrected chi connectivity index (χ2v) is 9.97. The molecule has 0 aromatic carbocycles. The molecule has 0 aromatic heterocycles. The Bertz CT molecular complexity index is 552. The van der Waals surface area contributed by atoms with Crippen LogP contribution < -0.4 is 0 Å². The summed E-state index contributed by atoms with van der Waals surface area (Å²) in [5.41, 5.74) is 0. The molecule has 0 fully saturated rings. The fourth-order valence-corrected chi connectivity index (χ4v) is 4.08. The van der Waals surface area contributed by atoms with E-state index in [2.05, 4.69) is 6.92 Å². The molecule has 0 aromatic rings. The van der Waals surface area contributed by atoms with E-state index in [4.69, 9.17) is 24.1 Å². The van der Waals surface area contributed by atoms with Crippen LogP contribution in [-0.2, 0) is 33.3 Å². The summed E-state index contributed by atoms with van der Waals surface area (Å²) >= 11 is 0. The lowest BCUT2D eigenvalue weighted by Crippen LogP contribution is -2.15. The molecule has 1 N–H and O–H groups in total. The van der Waals surface area contributed by atoms with Gasteiger partial charge in [-0.1, -0.05) is 96.8 Å². The minimum Gasteiger partial charge on any atom is -0.481 e. The Morgan fingerprint density at radius 1 is 0.447 bits per heavy atom. The van der Waals surface area contributed by atoms with Gasteiger partial charge in [-0.05, 0) is 19.3 Å². The molecule has 0 aliphatic carbocycles. The van der Waals surface area contributed by atoms with Crippen molar-refractivity contribution in [2.24, 2.45) is 0 Å². The predicted octanol–water partition coefficient (Wildman–Crippen LogP) is 7.01. The number of hydrogen-bond donors (Lipinski definition) is 1. The summed E-state index contributed by atoms with van der Waals surface area (Å²) in [5, 5.41) is 8.54. The quantitative estimate of drug-likeness (QED) is 0.0759. The second kappa shape index (κ2) is 29.9. The summed E-state index contributed by atoms with van der Waals surface area (Å²) < 4.78 is 20.9. The van der Waals surface area contributed by atoms with Crippen molar-refractivity contribution in [1.29, 1.82) is 0 Å². The van der Waals surface area contributed by atoms with Crippen LogP contribution >= 0.6 is 0 Å². The molecule has 0 aliphatic rings. The van der Waals surface area contributed by atoms with Gasteiger partial charge in [0.25, 0.3) is 0 Å². The molecule has 8 heteroatoms. The van der Waals surface area contributed by atoms with E-state index in [9.17, 15) is 14.4 Å². The van der Waals surface area contributed by atoms with Crippen LogP contribution in [0.15, 0.2) is 0 Å². The summed E-state index contributed by atoms with van der Waals surface area (Å²) in [6.07, 6.45) is 21.3. The highest BCUT2D eigenvalue weighted by Gasteiger charge is 2.05. The van der Waals surface area contributed by atoms with E-state index in [1.54, 1.807) is 0 Å². The minimum absolute atomic E-state index is 0.0646. The van der Waals surface area contributed by atoms with Crippen molar-refractivity contribution in [3.63, 3.8) is 0 Å². The number of esters is 2. The predicted molar refractivity (Wildman–Crippen MR) is 149 cm³/mol. The molecule has 0 atom stereocenters. The van der Waals surface area contributed by atoms with E-state index < -0.39 is 5.97 Å². The van der Waals surface area contributed by atoms with Gasteiger partial charge in [-0.25, -0.2) is 0 Å². The number of carboxylic acids is 1. The van der Waals surface area contributed by atoms with Crippen molar-refractivity contribution in [3.8, 4) is 0 Å². The van der Waals surface area contributed by atoms with Gasteiger partial charge in [0, 0.05) is 19.3 Å². The molecule has 0 saturated heterocycles. The molecule has 0 unspecified atom stereocenters. The highest BCUT2D eigenvalue weighted by Crippen LogP contribution is 2.13. The van der Waals surface area contributed by atoms with Gasteiger partial charge in [-0.2, -0.15) is 0 Å². The number of unbranched alkanes of at least 4 members (excludes halogenated alkanes) is 15. The van der Waals surface area contributed by atoms with Gasteiger partial charge in [0.15, 0.2) is 0 Å². The van der Waals surface area contributed by atoms with Crippen molar-refractivity contribution in [3.05, 3.63) is 0 Å². The average Bonchev–Trinajstić information content (AvgIpc) is 2.89. The maximum atomic E-state index is 11.8. The monoisotopic (exact) mass is 544 g/mol. The van der Waals surface area contributed by atoms with Gasteiger partial charge < -0.3 is 24.1 Å². The first-order chi connectivity index (χ1) is 18.6. The third-order valence-electron chi connectivity index (χ3n) is 6.36. The van der Waals surface area contributed by atoms with Crippen LogP contribution in [0.5, 0.6) is 0 Å². The Labute approximate surface area is 231 Å². The number of hydrogen-bond acceptors (Lipinski definition) is 7. The van der Waals surface area contributed by atoms with E-state index in [0.717, 1.165) is 12.8 Å². The molecule has 0 bridgehead atoms. The molecule has 224 valence electrons. The Balaban J connectivity index is 3.23. The minimum atomic E-state index is -0.859. The van der Waals surface area contributed by atoms with Crippen molar-refractivity contribution in [2.45, 2.75) is 135 Å². The van der Waals surface area contributed by atoms with Gasteiger partial charge in [0.05, 0.1) is 26.4 Å². The summed E-state index contributed by atoms with van der Waals surface area (Å²) in [6, 6.07) is 0. The van der Waals surface area contributed by atoms with Gasteiger partial charge in [0.2, 0.25) is 0 Å². The van der Waals surface area contributed by atoms with Crippen LogP contribution in [-0.4, -0.2) is 62.7 Å². The Morgan fingerprint density at radius 2 is 0.763 bits per heavy atom. The number of aliphatic carboxylic acids is 1. The molecule has 0 radical (unpaired) electrons. The van der Waals surface area contributed by atoms with Crippen LogP contribution in [0, 0.1) is 0 Å². The SMILES string of the molecule is CCCCCCCCCCCCCCCCCC(=O)OCCOCCOCCOC(=O)CCCCC(=O)O. The average molecular weight is 545 g/mol. The normalized spacial score (nSPS) is 11.0. The van der Waals surface area contributed by atoms with Crippen LogP contribution in [0.1, 0.15) is 135 Å². The van der Waals surface area contributed by atoms with E-state index >= 15 is 0 Å². The number of carbonyl (C=O) groups excluding carboxylic acids is 2. The molecule has 0 saturated carbocycles. The standard InChI is InChI=1S/C30H56O8/c1-2-3-4-5-6-7-8-9-10-11-12-13-14-15-16-20-29(33)37-26-24-35-22-23-36-25-27-38-30(34)21-18-17-19-28(31)32/h2-27H2,1H3,(H,31,32). The van der Waals surface area contributed by atoms with Crippen LogP contribution in [0.4, 0.5) is 0 Å². The van der Waals surface area contributed by atoms with Gasteiger partial charge >= 0.3 is 17.9 Å². The first kappa shape index (κ1) is 36.3. The lowest BCUT2D eigenvalue weighted by atomic mass is 10.0. The van der Waals surface area contributed by atoms with E-state index in [1.165, 1.54) is 83.5 Å². The summed E-state index contributed by atoms with van der Waals surface area (Å²) in [7, 11) is 0. The van der Waals surface area contributed by atoms with E-state index in [0.29, 0.717) is 39.1 Å². The molecule has 0 amide bonds. The van der Waals surface area contributed by atoms with E-state index in [1.807, 2.05) is 0 Å². The van der Waals surface area contributed by atoms with Crippen LogP contribution in [0.25, 0.3) is 0 Å². The number of carboxylic acid groups (broad SMARTS) is 1. The summed E-state index contributed by atoms with van der Waals surface area (Å²) in [4.78, 5) is 33.6. The molecule has 0 aliphatic heterocycles. The second-order valence-electron chi connectivity index (χ2n) is 9.97. The van der Waals surface area contributed by atoms with Crippen molar-refractivity contribution in [1.82, 2.24) is 0 Å². The molecule has 8 nitrogen and oxygen atoms in total. The third-order valence-corrected chi connectivity index (χ3v) is 6.36. The number of ether oxygens (including phenoxy) is 4. The van der Waals surface area contributed by atoms with Crippen LogP contribution in [0.3, 0.4) is 0 Å². The van der Waals surface area contributed by atoms with Gasteiger partial charge in [0.1, 0.15) is 13.2 Å². The van der Waals surface area contributed by atoms with Crippen LogP contribution in [0.2, 0.25) is 0 Å². The molecule has 0 rings (SSSR count). The molecule has 0 heterocycles. The Morgan fingerprint density at radius 3 is 1.16 bits per heavy atom. The topological polar surface area (TPSA) is 108 Å². The van der Waals surface area contributed by atoms with Crippen molar-refractivity contribution >= 4 is 17.9 Å². The molecular weight excluding hydrogens is 488 g/mol. The lowest BCUT2D eigenvalue weighted by Gasteiger charge is -2.08. The van der Waals surface area contributed by atoms with Crippen molar-refractivity contribution < 1.29 is 38.4 Å². The first-order valence-corrected chi connectivity index (χ1v) is 15.2.